The molecule has 1 rings (SSSR count). The van der Waals surface area contributed by atoms with E-state index in [1.165, 1.54) is 57.8 Å². The largest absolute Gasteiger partial charge is 0.472 e. The first kappa shape index (κ1) is 57.8. The molecular weight excluding hydrogens is 819 g/mol. The molecule has 0 amide bonds. The van der Waals surface area contributed by atoms with Crippen molar-refractivity contribution in [1.82, 2.24) is 0 Å². The number of aliphatic hydroxyl groups is 6. The van der Waals surface area contributed by atoms with Crippen molar-refractivity contribution >= 4 is 19.8 Å². The summed E-state index contributed by atoms with van der Waals surface area (Å²) in [7, 11) is -5.14. The van der Waals surface area contributed by atoms with E-state index in [9.17, 15) is 49.7 Å². The lowest BCUT2D eigenvalue weighted by Gasteiger charge is -2.41. The van der Waals surface area contributed by atoms with E-state index >= 15 is 0 Å². The Hall–Kier alpha value is -2.23. The van der Waals surface area contributed by atoms with Crippen LogP contribution in [-0.2, 0) is 32.7 Å². The number of rotatable bonds is 38. The predicted molar refractivity (Wildman–Crippen MR) is 241 cm³/mol. The monoisotopic (exact) mass is 903 g/mol. The number of hydrogen-bond donors (Lipinski definition) is 7. The molecule has 0 aromatic heterocycles. The maximum absolute atomic E-state index is 12.8. The summed E-state index contributed by atoms with van der Waals surface area (Å²) >= 11 is 0. The molecule has 4 unspecified atom stereocenters. The van der Waals surface area contributed by atoms with Crippen LogP contribution in [0.4, 0.5) is 0 Å². The molecule has 1 aliphatic rings. The Morgan fingerprint density at radius 2 is 1.06 bits per heavy atom. The van der Waals surface area contributed by atoms with Crippen LogP contribution in [0, 0.1) is 0 Å². The van der Waals surface area contributed by atoms with Gasteiger partial charge in [-0.15, -0.1) is 0 Å². The topological polar surface area (TPSA) is 230 Å². The van der Waals surface area contributed by atoms with Crippen LogP contribution in [0.25, 0.3) is 0 Å². The van der Waals surface area contributed by atoms with Crippen molar-refractivity contribution in [2.75, 3.05) is 13.2 Å². The van der Waals surface area contributed by atoms with Gasteiger partial charge in [-0.2, -0.15) is 0 Å². The zero-order valence-corrected chi connectivity index (χ0v) is 38.7. The number of carbonyl (C=O) groups is 2. The van der Waals surface area contributed by atoms with Gasteiger partial charge in [-0.05, 0) is 64.2 Å². The quantitative estimate of drug-likeness (QED) is 0.0102. The highest BCUT2D eigenvalue weighted by molar-refractivity contribution is 7.47. The van der Waals surface area contributed by atoms with Crippen LogP contribution >= 0.6 is 7.82 Å². The van der Waals surface area contributed by atoms with Crippen molar-refractivity contribution in [2.24, 2.45) is 0 Å². The molecule has 0 saturated heterocycles. The molecule has 0 aromatic carbocycles. The number of allylic oxidation sites excluding steroid dienone is 6. The number of phosphoric acid groups is 1. The Kier molecular flexibility index (Phi) is 34.5. The second-order valence-electron chi connectivity index (χ2n) is 16.4. The third-order valence-electron chi connectivity index (χ3n) is 10.7. The molecule has 9 atom stereocenters. The second-order valence-corrected chi connectivity index (χ2v) is 17.8. The molecule has 15 heteroatoms. The van der Waals surface area contributed by atoms with Gasteiger partial charge in [0.25, 0.3) is 0 Å². The van der Waals surface area contributed by atoms with Gasteiger partial charge >= 0.3 is 19.8 Å². The summed E-state index contributed by atoms with van der Waals surface area (Å²) < 4.78 is 33.5. The lowest BCUT2D eigenvalue weighted by molar-refractivity contribution is -0.220. The van der Waals surface area contributed by atoms with Crippen molar-refractivity contribution in [3.05, 3.63) is 48.6 Å². The maximum Gasteiger partial charge on any atom is 0.472 e. The number of hydrogen-bond acceptors (Lipinski definition) is 13. The summed E-state index contributed by atoms with van der Waals surface area (Å²) in [6, 6.07) is 0. The zero-order valence-electron chi connectivity index (χ0n) is 37.8. The fourth-order valence-corrected chi connectivity index (χ4v) is 7.88. The summed E-state index contributed by atoms with van der Waals surface area (Å²) in [6.45, 7) is 3.06. The Bertz CT molecular complexity index is 1290. The van der Waals surface area contributed by atoms with Crippen molar-refractivity contribution in [3.63, 3.8) is 0 Å². The Morgan fingerprint density at radius 3 is 1.61 bits per heavy atom. The lowest BCUT2D eigenvalue weighted by atomic mass is 9.85. The van der Waals surface area contributed by atoms with E-state index in [2.05, 4.69) is 19.1 Å². The van der Waals surface area contributed by atoms with E-state index in [-0.39, 0.29) is 12.8 Å². The molecule has 1 fully saturated rings. The van der Waals surface area contributed by atoms with E-state index in [1.807, 2.05) is 37.3 Å². The molecule has 0 radical (unpaired) electrons. The molecule has 1 saturated carbocycles. The Labute approximate surface area is 372 Å². The highest BCUT2D eigenvalue weighted by Crippen LogP contribution is 2.47. The minimum atomic E-state index is -5.14. The van der Waals surface area contributed by atoms with Gasteiger partial charge in [0, 0.05) is 12.8 Å². The highest BCUT2D eigenvalue weighted by atomic mass is 31.2. The van der Waals surface area contributed by atoms with Crippen LogP contribution in [0.3, 0.4) is 0 Å². The first-order valence-corrected chi connectivity index (χ1v) is 25.0. The molecule has 0 spiro atoms. The fraction of sp³-hybridized carbons (Fsp3) is 0.787. The molecule has 0 bridgehead atoms. The van der Waals surface area contributed by atoms with Gasteiger partial charge in [0.15, 0.2) is 6.10 Å². The molecule has 1 aliphatic carbocycles. The van der Waals surface area contributed by atoms with E-state index in [4.69, 9.17) is 18.5 Å². The van der Waals surface area contributed by atoms with E-state index in [0.29, 0.717) is 19.3 Å². The molecule has 0 aromatic rings. The minimum Gasteiger partial charge on any atom is -0.462 e. The number of ether oxygens (including phenoxy) is 2. The number of carbonyl (C=O) groups excluding carboxylic acids is 2. The maximum atomic E-state index is 12.8. The lowest BCUT2D eigenvalue weighted by Crippen LogP contribution is -2.64. The first-order chi connectivity index (χ1) is 29.8. The van der Waals surface area contributed by atoms with Gasteiger partial charge in [0.2, 0.25) is 0 Å². The smallest absolute Gasteiger partial charge is 0.462 e. The fourth-order valence-electron chi connectivity index (χ4n) is 6.91. The number of aliphatic hydroxyl groups excluding tert-OH is 6. The standard InChI is InChI=1S/C47H83O14P/c1-3-5-7-8-9-10-11-12-13-14-15-16-17-20-23-26-30-34-40(49)58-36-39(37-59-62(56,57)61-47-45(54)43(52)42(51)44(53)46(47)55)60-41(50)35-31-27-24-21-18-19-22-25-29-33-38(48)32-28-6-4-2/h6,12-13,22,25,28-29,33,38-39,42-48,51-55H,3-5,7-11,14-21,23-24,26-27,30-32,34-37H2,1-2H3,(H,56,57)/b13-12-,25-22+,28-6+,33-29+/t38?,39-,42?,43-,44+,45-,46-,47?/m1/s1. The van der Waals surface area contributed by atoms with Gasteiger partial charge in [0.1, 0.15) is 43.2 Å². The third kappa shape index (κ3) is 29.3. The number of esters is 2. The van der Waals surface area contributed by atoms with E-state index in [0.717, 1.165) is 70.6 Å². The summed E-state index contributed by atoms with van der Waals surface area (Å²) in [6.07, 6.45) is 26.3. The average molecular weight is 903 g/mol. The molecular formula is C47H83O14P. The normalized spacial score (nSPS) is 22.8. The van der Waals surface area contributed by atoms with Crippen molar-refractivity contribution in [2.45, 2.75) is 223 Å². The summed E-state index contributed by atoms with van der Waals surface area (Å²) in [4.78, 5) is 35.7. The van der Waals surface area contributed by atoms with Crippen LogP contribution < -0.4 is 0 Å². The second kappa shape index (κ2) is 37.0. The Morgan fingerprint density at radius 1 is 0.581 bits per heavy atom. The molecule has 0 aliphatic heterocycles. The Balaban J connectivity index is 2.48. The molecule has 0 heterocycles. The van der Waals surface area contributed by atoms with Gasteiger partial charge in [0.05, 0.1) is 12.7 Å². The molecule has 62 heavy (non-hydrogen) atoms. The summed E-state index contributed by atoms with van der Waals surface area (Å²) in [5.74, 6) is -1.16. The van der Waals surface area contributed by atoms with Crippen LogP contribution in [0.5, 0.6) is 0 Å². The molecule has 14 nitrogen and oxygen atoms in total. The highest BCUT2D eigenvalue weighted by Gasteiger charge is 2.51. The predicted octanol–water partition coefficient (Wildman–Crippen LogP) is 8.14. The minimum absolute atomic E-state index is 0.0483. The first-order valence-electron chi connectivity index (χ1n) is 23.5. The van der Waals surface area contributed by atoms with E-state index in [1.54, 1.807) is 6.08 Å². The van der Waals surface area contributed by atoms with Crippen molar-refractivity contribution in [1.29, 1.82) is 0 Å². The van der Waals surface area contributed by atoms with Crippen LogP contribution in [-0.4, -0.2) is 110 Å². The van der Waals surface area contributed by atoms with Gasteiger partial charge in [-0.25, -0.2) is 4.57 Å². The average Bonchev–Trinajstić information content (AvgIpc) is 3.25. The zero-order chi connectivity index (χ0) is 45.9. The molecule has 7 N–H and O–H groups in total. The van der Waals surface area contributed by atoms with Crippen molar-refractivity contribution in [3.8, 4) is 0 Å². The summed E-state index contributed by atoms with van der Waals surface area (Å²) in [5, 5.41) is 60.0. The van der Waals surface area contributed by atoms with Gasteiger partial charge in [-0.1, -0.05) is 146 Å². The van der Waals surface area contributed by atoms with Crippen LogP contribution in [0.1, 0.15) is 174 Å². The number of unbranched alkanes of at least 4 members (excludes halogenated alkanes) is 18. The van der Waals surface area contributed by atoms with Gasteiger partial charge in [-0.3, -0.25) is 18.6 Å². The van der Waals surface area contributed by atoms with Crippen LogP contribution in [0.2, 0.25) is 0 Å². The molecule has 360 valence electrons. The summed E-state index contributed by atoms with van der Waals surface area (Å²) in [5.41, 5.74) is 0. The number of phosphoric ester groups is 1. The van der Waals surface area contributed by atoms with Gasteiger partial charge < -0.3 is 45.0 Å². The van der Waals surface area contributed by atoms with Crippen LogP contribution in [0.15, 0.2) is 48.6 Å². The van der Waals surface area contributed by atoms with E-state index < -0.39 is 81.8 Å². The van der Waals surface area contributed by atoms with Crippen molar-refractivity contribution < 1.29 is 68.2 Å². The third-order valence-corrected chi connectivity index (χ3v) is 11.7. The SMILES string of the molecule is CC/C=C/CC(O)/C=C/C=C/CCCCCCCC(=O)O[C@H](COC(=O)CCCCCCCCC/C=C\CCCCCCCC)COP(=O)(O)OC1[C@H](O)[C@H](O)C(O)[C@H](O)[C@H]1O.